The SMILES string of the molecule is O=C(NCc1ccccc1)c1ccc2c(c1)[nH]c(=O)c1cc(Cl)c(Cl)n12. The van der Waals surface area contributed by atoms with E-state index in [1.807, 2.05) is 30.3 Å². The van der Waals surface area contributed by atoms with Gasteiger partial charge in [-0.2, -0.15) is 0 Å². The van der Waals surface area contributed by atoms with Gasteiger partial charge in [0.1, 0.15) is 10.7 Å². The molecule has 2 aromatic heterocycles. The molecule has 0 aliphatic carbocycles. The van der Waals surface area contributed by atoms with E-state index < -0.39 is 0 Å². The third-order valence-electron chi connectivity index (χ3n) is 4.17. The number of rotatable bonds is 3. The number of hydrogen-bond donors (Lipinski definition) is 2. The van der Waals surface area contributed by atoms with Crippen LogP contribution >= 0.6 is 23.2 Å². The number of carbonyl (C=O) groups excluding carboxylic acids is 1. The first-order chi connectivity index (χ1) is 12.5. The van der Waals surface area contributed by atoms with E-state index in [2.05, 4.69) is 10.3 Å². The molecular weight excluding hydrogens is 373 g/mol. The standard InChI is InChI=1S/C19H13Cl2N3O2/c20-13-9-16-19(26)23-14-8-12(6-7-15(14)24(16)17(13)21)18(25)22-10-11-4-2-1-3-5-11/h1-9H,10H2,(H,22,25)(H,23,26). The van der Waals surface area contributed by atoms with E-state index in [-0.39, 0.29) is 16.6 Å². The van der Waals surface area contributed by atoms with E-state index in [1.165, 1.54) is 6.07 Å². The van der Waals surface area contributed by atoms with Gasteiger partial charge in [-0.15, -0.1) is 0 Å². The van der Waals surface area contributed by atoms with Crippen LogP contribution in [0.25, 0.3) is 16.6 Å². The number of fused-ring (bicyclic) bond motifs is 3. The lowest BCUT2D eigenvalue weighted by Crippen LogP contribution is -2.23. The van der Waals surface area contributed by atoms with Crippen LogP contribution in [-0.4, -0.2) is 15.3 Å². The maximum Gasteiger partial charge on any atom is 0.272 e. The number of aromatic nitrogens is 2. The Bertz CT molecular complexity index is 1200. The highest BCUT2D eigenvalue weighted by molar-refractivity contribution is 6.42. The Morgan fingerprint density at radius 3 is 2.58 bits per heavy atom. The second-order valence-electron chi connectivity index (χ2n) is 5.86. The molecular formula is C19H13Cl2N3O2. The number of aromatic amines is 1. The van der Waals surface area contributed by atoms with E-state index in [4.69, 9.17) is 23.2 Å². The zero-order chi connectivity index (χ0) is 18.3. The molecule has 0 atom stereocenters. The van der Waals surface area contributed by atoms with Crippen LogP contribution in [0.4, 0.5) is 0 Å². The molecule has 2 aromatic carbocycles. The third-order valence-corrected chi connectivity index (χ3v) is 4.93. The van der Waals surface area contributed by atoms with Crippen LogP contribution in [0.3, 0.4) is 0 Å². The van der Waals surface area contributed by atoms with Crippen molar-refractivity contribution in [2.24, 2.45) is 0 Å². The molecule has 2 N–H and O–H groups in total. The molecule has 7 heteroatoms. The minimum absolute atomic E-state index is 0.228. The molecule has 1 amide bonds. The summed E-state index contributed by atoms with van der Waals surface area (Å²) < 4.78 is 1.57. The van der Waals surface area contributed by atoms with Crippen molar-refractivity contribution in [3.63, 3.8) is 0 Å². The summed E-state index contributed by atoms with van der Waals surface area (Å²) in [5, 5.41) is 3.43. The molecule has 4 rings (SSSR count). The average Bonchev–Trinajstić information content (AvgIpc) is 2.96. The van der Waals surface area contributed by atoms with E-state index in [1.54, 1.807) is 22.6 Å². The van der Waals surface area contributed by atoms with Crippen LogP contribution in [0, 0.1) is 0 Å². The first-order valence-electron chi connectivity index (χ1n) is 7.89. The predicted molar refractivity (Wildman–Crippen MR) is 103 cm³/mol. The van der Waals surface area contributed by atoms with Crippen LogP contribution in [0.2, 0.25) is 10.2 Å². The van der Waals surface area contributed by atoms with Crippen molar-refractivity contribution in [3.8, 4) is 0 Å². The van der Waals surface area contributed by atoms with Gasteiger partial charge < -0.3 is 10.3 Å². The van der Waals surface area contributed by atoms with Crippen molar-refractivity contribution < 1.29 is 4.79 Å². The summed E-state index contributed by atoms with van der Waals surface area (Å²) in [4.78, 5) is 27.4. The predicted octanol–water partition coefficient (Wildman–Crippen LogP) is 4.02. The van der Waals surface area contributed by atoms with Crippen LogP contribution in [0.15, 0.2) is 59.4 Å². The average molecular weight is 386 g/mol. The number of nitrogens with zero attached hydrogens (tertiary/aromatic N) is 1. The molecule has 0 unspecified atom stereocenters. The smallest absolute Gasteiger partial charge is 0.272 e. The topological polar surface area (TPSA) is 66.4 Å². The Balaban J connectivity index is 1.71. The summed E-state index contributed by atoms with van der Waals surface area (Å²) in [6, 6.07) is 16.2. The van der Waals surface area contributed by atoms with Gasteiger partial charge in [0.05, 0.1) is 16.1 Å². The Labute approximate surface area is 158 Å². The number of halogens is 2. The molecule has 26 heavy (non-hydrogen) atoms. The molecule has 0 spiro atoms. The molecule has 0 radical (unpaired) electrons. The monoisotopic (exact) mass is 385 g/mol. The summed E-state index contributed by atoms with van der Waals surface area (Å²) in [6.45, 7) is 0.423. The number of carbonyl (C=O) groups is 1. The van der Waals surface area contributed by atoms with Crippen molar-refractivity contribution in [2.75, 3.05) is 0 Å². The van der Waals surface area contributed by atoms with Crippen molar-refractivity contribution in [3.05, 3.63) is 86.3 Å². The molecule has 4 aromatic rings. The Hall–Kier alpha value is -2.76. The minimum atomic E-state index is -0.326. The van der Waals surface area contributed by atoms with Gasteiger partial charge >= 0.3 is 0 Å². The van der Waals surface area contributed by atoms with E-state index in [0.29, 0.717) is 33.7 Å². The molecule has 0 bridgehead atoms. The van der Waals surface area contributed by atoms with Crippen molar-refractivity contribution in [1.29, 1.82) is 0 Å². The van der Waals surface area contributed by atoms with Gasteiger partial charge in [-0.25, -0.2) is 0 Å². The van der Waals surface area contributed by atoms with Crippen LogP contribution in [0.5, 0.6) is 0 Å². The van der Waals surface area contributed by atoms with Gasteiger partial charge in [0.2, 0.25) is 0 Å². The zero-order valence-corrected chi connectivity index (χ0v) is 14.9. The molecule has 0 fully saturated rings. The first kappa shape index (κ1) is 16.7. The quantitative estimate of drug-likeness (QED) is 0.559. The molecule has 0 saturated carbocycles. The van der Waals surface area contributed by atoms with Gasteiger partial charge in [0.15, 0.2) is 0 Å². The zero-order valence-electron chi connectivity index (χ0n) is 13.4. The molecule has 130 valence electrons. The summed E-state index contributed by atoms with van der Waals surface area (Å²) in [7, 11) is 0. The number of H-pyrrole nitrogens is 1. The van der Waals surface area contributed by atoms with Crippen LogP contribution in [0.1, 0.15) is 15.9 Å². The summed E-state index contributed by atoms with van der Waals surface area (Å²) in [6.07, 6.45) is 0. The Morgan fingerprint density at radius 2 is 1.81 bits per heavy atom. The number of benzene rings is 2. The molecule has 0 aliphatic heterocycles. The summed E-state index contributed by atoms with van der Waals surface area (Å²) >= 11 is 12.2. The van der Waals surface area contributed by atoms with Crippen molar-refractivity contribution >= 4 is 45.7 Å². The fourth-order valence-corrected chi connectivity index (χ4v) is 3.32. The minimum Gasteiger partial charge on any atom is -0.348 e. The summed E-state index contributed by atoms with van der Waals surface area (Å²) in [5.41, 5.74) is 2.64. The van der Waals surface area contributed by atoms with Gasteiger partial charge in [0.25, 0.3) is 11.5 Å². The third kappa shape index (κ3) is 2.85. The number of nitrogens with one attached hydrogen (secondary N) is 2. The fraction of sp³-hybridized carbons (Fsp3) is 0.0526. The van der Waals surface area contributed by atoms with Gasteiger partial charge in [0, 0.05) is 12.1 Å². The highest BCUT2D eigenvalue weighted by Gasteiger charge is 2.14. The Kier molecular flexibility index (Phi) is 4.18. The van der Waals surface area contributed by atoms with E-state index in [0.717, 1.165) is 5.56 Å². The van der Waals surface area contributed by atoms with E-state index >= 15 is 0 Å². The van der Waals surface area contributed by atoms with Crippen molar-refractivity contribution in [1.82, 2.24) is 14.7 Å². The second-order valence-corrected chi connectivity index (χ2v) is 6.62. The van der Waals surface area contributed by atoms with Gasteiger partial charge in [-0.1, -0.05) is 53.5 Å². The highest BCUT2D eigenvalue weighted by atomic mass is 35.5. The highest BCUT2D eigenvalue weighted by Crippen LogP contribution is 2.28. The van der Waals surface area contributed by atoms with Gasteiger partial charge in [-0.05, 0) is 29.8 Å². The maximum absolute atomic E-state index is 12.4. The second kappa shape index (κ2) is 6.52. The lowest BCUT2D eigenvalue weighted by Gasteiger charge is -2.08. The normalized spacial score (nSPS) is 11.2. The summed E-state index contributed by atoms with van der Waals surface area (Å²) in [5.74, 6) is -0.228. The largest absolute Gasteiger partial charge is 0.348 e. The lowest BCUT2D eigenvalue weighted by molar-refractivity contribution is 0.0951. The maximum atomic E-state index is 12.4. The molecule has 2 heterocycles. The first-order valence-corrected chi connectivity index (χ1v) is 8.65. The lowest BCUT2D eigenvalue weighted by atomic mass is 10.1. The number of amides is 1. The molecule has 5 nitrogen and oxygen atoms in total. The Morgan fingerprint density at radius 1 is 1.04 bits per heavy atom. The van der Waals surface area contributed by atoms with Crippen LogP contribution < -0.4 is 10.9 Å². The molecule has 0 aliphatic rings. The van der Waals surface area contributed by atoms with Gasteiger partial charge in [-0.3, -0.25) is 14.0 Å². The fourth-order valence-electron chi connectivity index (χ4n) is 2.90. The van der Waals surface area contributed by atoms with Crippen molar-refractivity contribution in [2.45, 2.75) is 6.54 Å². The van der Waals surface area contributed by atoms with Crippen LogP contribution in [-0.2, 0) is 6.54 Å². The molecule has 0 saturated heterocycles. The van der Waals surface area contributed by atoms with E-state index in [9.17, 15) is 9.59 Å². The number of hydrogen-bond acceptors (Lipinski definition) is 2.